The highest BCUT2D eigenvalue weighted by Crippen LogP contribution is 1.98. The van der Waals surface area contributed by atoms with Crippen LogP contribution in [0.2, 0.25) is 0 Å². The van der Waals surface area contributed by atoms with E-state index in [0.29, 0.717) is 0 Å². The van der Waals surface area contributed by atoms with Gasteiger partial charge in [-0.3, -0.25) is 0 Å². The standard InChI is InChI=1S/C20H46N8O.8ClH/c1-3-21-7-11-25-15-19(16-26-12-8-22-4-1)29-20-17-27-13-9-23-5-2-6-24-10-14-28-18-20;;;;;;;;/h19-28H,1-18H2;8*1H. The smallest absolute Gasteiger partial charge is 0.0828 e. The molecule has 0 amide bonds. The minimum absolute atomic E-state index is 0. The molecule has 0 aromatic rings. The van der Waals surface area contributed by atoms with E-state index in [1.54, 1.807) is 0 Å². The molecule has 0 aromatic carbocycles. The van der Waals surface area contributed by atoms with Crippen molar-refractivity contribution in [3.05, 3.63) is 0 Å². The number of rotatable bonds is 2. The first-order chi connectivity index (χ1) is 14.4. The summed E-state index contributed by atoms with van der Waals surface area (Å²) in [7, 11) is 0. The molecule has 0 spiro atoms. The zero-order valence-corrected chi connectivity index (χ0v) is 28.1. The Labute approximate surface area is 274 Å². The molecule has 236 valence electrons. The van der Waals surface area contributed by atoms with Gasteiger partial charge < -0.3 is 47.3 Å². The van der Waals surface area contributed by atoms with E-state index in [4.69, 9.17) is 4.74 Å². The van der Waals surface area contributed by atoms with Crippen molar-refractivity contribution < 1.29 is 4.74 Å². The molecule has 0 aliphatic carbocycles. The maximum atomic E-state index is 6.52. The summed E-state index contributed by atoms with van der Waals surface area (Å²) in [6.45, 7) is 15.7. The van der Waals surface area contributed by atoms with Gasteiger partial charge >= 0.3 is 0 Å². The third-order valence-electron chi connectivity index (χ3n) is 5.20. The number of hydrogen-bond acceptors (Lipinski definition) is 9. The first-order valence-electron chi connectivity index (χ1n) is 11.8. The van der Waals surface area contributed by atoms with Crippen LogP contribution in [0.3, 0.4) is 0 Å². The Morgan fingerprint density at radius 2 is 0.514 bits per heavy atom. The van der Waals surface area contributed by atoms with Gasteiger partial charge in [0.25, 0.3) is 0 Å². The third-order valence-corrected chi connectivity index (χ3v) is 5.20. The van der Waals surface area contributed by atoms with Crippen molar-refractivity contribution in [2.24, 2.45) is 0 Å². The van der Waals surface area contributed by atoms with Gasteiger partial charge in [-0.15, -0.1) is 99.3 Å². The van der Waals surface area contributed by atoms with Crippen molar-refractivity contribution in [1.29, 1.82) is 0 Å². The van der Waals surface area contributed by atoms with E-state index < -0.39 is 0 Å². The number of nitrogens with one attached hydrogen (secondary N) is 8. The van der Waals surface area contributed by atoms with Gasteiger partial charge in [-0.1, -0.05) is 0 Å². The fourth-order valence-electron chi connectivity index (χ4n) is 3.55. The lowest BCUT2D eigenvalue weighted by Gasteiger charge is -2.27. The minimum Gasteiger partial charge on any atom is -0.370 e. The molecule has 2 aliphatic heterocycles. The van der Waals surface area contributed by atoms with Crippen LogP contribution in [-0.4, -0.2) is 117 Å². The summed E-state index contributed by atoms with van der Waals surface area (Å²) in [5, 5.41) is 28.2. The Hall–Kier alpha value is 1.96. The average Bonchev–Trinajstić information content (AvgIpc) is 2.73. The Morgan fingerprint density at radius 3 is 0.757 bits per heavy atom. The minimum atomic E-state index is 0. The highest BCUT2D eigenvalue weighted by Gasteiger charge is 2.16. The molecule has 9 nitrogen and oxygen atoms in total. The van der Waals surface area contributed by atoms with Crippen LogP contribution in [-0.2, 0) is 4.74 Å². The van der Waals surface area contributed by atoms with E-state index >= 15 is 0 Å². The van der Waals surface area contributed by atoms with Crippen LogP contribution in [0.4, 0.5) is 0 Å². The summed E-state index contributed by atoms with van der Waals surface area (Å²) >= 11 is 0. The Kier molecular flexibility index (Phi) is 63.0. The largest absolute Gasteiger partial charge is 0.370 e. The van der Waals surface area contributed by atoms with Crippen LogP contribution in [0.1, 0.15) is 12.8 Å². The lowest BCUT2D eigenvalue weighted by Crippen LogP contribution is -2.48. The van der Waals surface area contributed by atoms with Crippen molar-refractivity contribution in [2.45, 2.75) is 25.0 Å². The second-order valence-corrected chi connectivity index (χ2v) is 7.90. The second-order valence-electron chi connectivity index (χ2n) is 7.90. The van der Waals surface area contributed by atoms with E-state index in [2.05, 4.69) is 42.5 Å². The van der Waals surface area contributed by atoms with Crippen molar-refractivity contribution in [3.8, 4) is 0 Å². The van der Waals surface area contributed by atoms with E-state index in [-0.39, 0.29) is 111 Å². The van der Waals surface area contributed by atoms with E-state index in [1.165, 1.54) is 12.8 Å². The predicted octanol–water partition coefficient (Wildman–Crippen LogP) is 0.639. The average molecular weight is 706 g/mol. The van der Waals surface area contributed by atoms with E-state index in [1.807, 2.05) is 0 Å². The summed E-state index contributed by atoms with van der Waals surface area (Å²) < 4.78 is 6.52. The maximum Gasteiger partial charge on any atom is 0.0828 e. The van der Waals surface area contributed by atoms with Crippen LogP contribution in [0, 0.1) is 0 Å². The van der Waals surface area contributed by atoms with Crippen LogP contribution in [0.5, 0.6) is 0 Å². The summed E-state index contributed by atoms with van der Waals surface area (Å²) in [4.78, 5) is 0. The van der Waals surface area contributed by atoms with Crippen LogP contribution < -0.4 is 42.5 Å². The highest BCUT2D eigenvalue weighted by molar-refractivity contribution is 5.86. The molecular formula is C20H54Cl8N8O. The van der Waals surface area contributed by atoms with Crippen LogP contribution >= 0.6 is 99.3 Å². The van der Waals surface area contributed by atoms with Crippen molar-refractivity contribution in [1.82, 2.24) is 42.5 Å². The summed E-state index contributed by atoms with van der Waals surface area (Å²) in [5.74, 6) is 0. The molecule has 0 unspecified atom stereocenters. The van der Waals surface area contributed by atoms with Crippen LogP contribution in [0.15, 0.2) is 0 Å². The SMILES string of the molecule is C1CNCCNCC(OC2CNCCNCCCNCCNC2)CNCCNC1.Cl.Cl.Cl.Cl.Cl.Cl.Cl.Cl. The Morgan fingerprint density at radius 1 is 0.297 bits per heavy atom. The number of hydrogen-bond donors (Lipinski definition) is 8. The molecule has 2 fully saturated rings. The summed E-state index contributed by atoms with van der Waals surface area (Å²) in [5.41, 5.74) is 0. The lowest BCUT2D eigenvalue weighted by molar-refractivity contribution is -0.00846. The molecule has 2 aliphatic rings. The zero-order valence-electron chi connectivity index (χ0n) is 21.6. The highest BCUT2D eigenvalue weighted by atomic mass is 35.5. The normalized spacial score (nSPS) is 20.1. The van der Waals surface area contributed by atoms with Crippen LogP contribution in [0.25, 0.3) is 0 Å². The maximum absolute atomic E-state index is 6.52. The molecule has 8 N–H and O–H groups in total. The monoisotopic (exact) mass is 702 g/mol. The Bertz CT molecular complexity index is 331. The van der Waals surface area contributed by atoms with Gasteiger partial charge in [-0.2, -0.15) is 0 Å². The molecule has 0 radical (unpaired) electrons. The molecule has 37 heavy (non-hydrogen) atoms. The molecule has 2 rings (SSSR count). The van der Waals surface area contributed by atoms with Crippen molar-refractivity contribution in [3.63, 3.8) is 0 Å². The molecule has 0 saturated carbocycles. The predicted molar refractivity (Wildman–Crippen MR) is 179 cm³/mol. The first-order valence-corrected chi connectivity index (χ1v) is 11.8. The quantitative estimate of drug-likeness (QED) is 0.210. The fraction of sp³-hybridized carbons (Fsp3) is 1.00. The molecule has 0 bridgehead atoms. The van der Waals surface area contributed by atoms with E-state index in [9.17, 15) is 0 Å². The molecule has 17 heteroatoms. The molecule has 0 atom stereocenters. The number of ether oxygens (including phenoxy) is 1. The van der Waals surface area contributed by atoms with Crippen molar-refractivity contribution in [2.75, 3.05) is 105 Å². The summed E-state index contributed by atoms with van der Waals surface area (Å²) in [6.07, 6.45) is 2.69. The van der Waals surface area contributed by atoms with Gasteiger partial charge in [-0.25, -0.2) is 0 Å². The number of halogens is 8. The summed E-state index contributed by atoms with van der Waals surface area (Å²) in [6, 6.07) is 0. The van der Waals surface area contributed by atoms with Gasteiger partial charge in [-0.05, 0) is 39.0 Å². The lowest BCUT2D eigenvalue weighted by atomic mass is 10.2. The van der Waals surface area contributed by atoms with Crippen molar-refractivity contribution >= 4 is 99.3 Å². The first kappa shape index (κ1) is 55.0. The molecule has 0 aromatic heterocycles. The van der Waals surface area contributed by atoms with Gasteiger partial charge in [0.15, 0.2) is 0 Å². The van der Waals surface area contributed by atoms with Gasteiger partial charge in [0, 0.05) is 78.5 Å². The molecule has 2 heterocycles. The Balaban J connectivity index is -0.000000225. The fourth-order valence-corrected chi connectivity index (χ4v) is 3.55. The second kappa shape index (κ2) is 42.4. The third kappa shape index (κ3) is 34.1. The molecule has 2 saturated heterocycles. The topological polar surface area (TPSA) is 105 Å². The molecular weight excluding hydrogens is 652 g/mol. The van der Waals surface area contributed by atoms with Gasteiger partial charge in [0.1, 0.15) is 0 Å². The zero-order chi connectivity index (χ0) is 20.2. The van der Waals surface area contributed by atoms with Gasteiger partial charge in [0.05, 0.1) is 12.2 Å². The van der Waals surface area contributed by atoms with E-state index in [0.717, 1.165) is 105 Å². The van der Waals surface area contributed by atoms with Gasteiger partial charge in [0.2, 0.25) is 0 Å².